The van der Waals surface area contributed by atoms with Crippen molar-refractivity contribution in [1.29, 1.82) is 0 Å². The largest absolute Gasteiger partial charge is 0.363 e. The second-order valence-electron chi connectivity index (χ2n) is 5.41. The number of amides is 1. The van der Waals surface area contributed by atoms with Crippen molar-refractivity contribution in [2.45, 2.75) is 18.9 Å². The lowest BCUT2D eigenvalue weighted by Crippen LogP contribution is -2.59. The number of rotatable bonds is 3. The number of carbonyl (C=O) groups excluding carboxylic acids is 1. The van der Waals surface area contributed by atoms with Gasteiger partial charge in [-0.15, -0.1) is 0 Å². The first-order valence-electron chi connectivity index (χ1n) is 6.51. The van der Waals surface area contributed by atoms with Crippen LogP contribution in [0.15, 0.2) is 18.2 Å². The van der Waals surface area contributed by atoms with Gasteiger partial charge < -0.3 is 15.0 Å². The number of fused-ring (bicyclic) bond motifs is 1. The minimum Gasteiger partial charge on any atom is -0.363 e. The summed E-state index contributed by atoms with van der Waals surface area (Å²) in [5.74, 6) is -0.410. The summed E-state index contributed by atoms with van der Waals surface area (Å²) in [4.78, 5) is 13.8. The van der Waals surface area contributed by atoms with Gasteiger partial charge in [-0.1, -0.05) is 6.07 Å². The summed E-state index contributed by atoms with van der Waals surface area (Å²) >= 11 is 0. The van der Waals surface area contributed by atoms with E-state index in [-0.39, 0.29) is 23.9 Å². The number of benzene rings is 1. The summed E-state index contributed by atoms with van der Waals surface area (Å²) < 4.78 is 18.9. The quantitative estimate of drug-likeness (QED) is 0.888. The minimum atomic E-state index is -0.311. The van der Waals surface area contributed by atoms with Crippen LogP contribution in [0, 0.1) is 5.82 Å². The van der Waals surface area contributed by atoms with E-state index in [1.54, 1.807) is 11.0 Å². The van der Waals surface area contributed by atoms with Crippen LogP contribution in [0.4, 0.5) is 10.1 Å². The minimum absolute atomic E-state index is 0.0497. The van der Waals surface area contributed by atoms with Gasteiger partial charge in [0.25, 0.3) is 5.91 Å². The predicted molar refractivity (Wildman–Crippen MR) is 69.7 cm³/mol. The molecule has 2 heterocycles. The first-order valence-corrected chi connectivity index (χ1v) is 6.51. The van der Waals surface area contributed by atoms with Crippen LogP contribution in [0.5, 0.6) is 0 Å². The van der Waals surface area contributed by atoms with Crippen LogP contribution in [0.1, 0.15) is 12.5 Å². The molecule has 0 bridgehead atoms. The Labute approximate surface area is 111 Å². The summed E-state index contributed by atoms with van der Waals surface area (Å²) in [5, 5.41) is 3.12. The topological polar surface area (TPSA) is 41.6 Å². The van der Waals surface area contributed by atoms with Gasteiger partial charge in [0.2, 0.25) is 0 Å². The van der Waals surface area contributed by atoms with Gasteiger partial charge in [0.15, 0.2) is 0 Å². The highest BCUT2D eigenvalue weighted by Gasteiger charge is 2.34. The first kappa shape index (κ1) is 12.6. The molecule has 1 aromatic carbocycles. The van der Waals surface area contributed by atoms with Crippen molar-refractivity contribution in [3.05, 3.63) is 29.6 Å². The maximum absolute atomic E-state index is 13.3. The van der Waals surface area contributed by atoms with E-state index in [0.29, 0.717) is 12.2 Å². The number of hydrogen-bond donors (Lipinski definition) is 1. The third-order valence-corrected chi connectivity index (χ3v) is 3.79. The van der Waals surface area contributed by atoms with E-state index < -0.39 is 0 Å². The second-order valence-corrected chi connectivity index (χ2v) is 5.41. The van der Waals surface area contributed by atoms with Crippen molar-refractivity contribution in [1.82, 2.24) is 5.32 Å². The van der Waals surface area contributed by atoms with Gasteiger partial charge in [0, 0.05) is 25.3 Å². The van der Waals surface area contributed by atoms with Crippen LogP contribution >= 0.6 is 0 Å². The number of anilines is 1. The zero-order valence-electron chi connectivity index (χ0n) is 10.9. The lowest BCUT2D eigenvalue weighted by molar-refractivity contribution is -0.133. The molecule has 1 amide bonds. The van der Waals surface area contributed by atoms with Crippen LogP contribution in [0.3, 0.4) is 0 Å². The fourth-order valence-corrected chi connectivity index (χ4v) is 2.50. The maximum Gasteiger partial charge on any atom is 0.253 e. The first-order chi connectivity index (χ1) is 9.07. The van der Waals surface area contributed by atoms with Crippen molar-refractivity contribution in [2.24, 2.45) is 0 Å². The van der Waals surface area contributed by atoms with E-state index in [2.05, 4.69) is 5.32 Å². The normalized spacial score (nSPS) is 20.0. The molecule has 0 saturated carbocycles. The van der Waals surface area contributed by atoms with E-state index >= 15 is 0 Å². The van der Waals surface area contributed by atoms with Gasteiger partial charge in [-0.3, -0.25) is 4.79 Å². The third kappa shape index (κ3) is 2.35. The van der Waals surface area contributed by atoms with E-state index in [0.717, 1.165) is 25.1 Å². The number of hydrogen-bond acceptors (Lipinski definition) is 3. The highest BCUT2D eigenvalue weighted by Crippen LogP contribution is 2.29. The Hall–Kier alpha value is -1.46. The Morgan fingerprint density at radius 2 is 2.32 bits per heavy atom. The molecule has 0 atom stereocenters. The molecule has 2 aliphatic heterocycles. The molecule has 19 heavy (non-hydrogen) atoms. The van der Waals surface area contributed by atoms with Gasteiger partial charge in [0.1, 0.15) is 12.4 Å². The van der Waals surface area contributed by atoms with Gasteiger partial charge in [0.05, 0.1) is 5.60 Å². The molecule has 2 aliphatic rings. The fraction of sp³-hybridized carbons (Fsp3) is 0.500. The van der Waals surface area contributed by atoms with Crippen LogP contribution in [0.25, 0.3) is 0 Å². The SMILES string of the molecule is CC1(OCC(=O)N2CCc3ccc(F)cc32)CNC1. The summed E-state index contributed by atoms with van der Waals surface area (Å²) in [5.41, 5.74) is 1.47. The highest BCUT2D eigenvalue weighted by molar-refractivity contribution is 5.96. The van der Waals surface area contributed by atoms with Gasteiger partial charge >= 0.3 is 0 Å². The third-order valence-electron chi connectivity index (χ3n) is 3.79. The molecule has 0 radical (unpaired) electrons. The molecule has 0 aliphatic carbocycles. The molecule has 1 fully saturated rings. The maximum atomic E-state index is 13.3. The Morgan fingerprint density at radius 3 is 3.00 bits per heavy atom. The number of carbonyl (C=O) groups is 1. The predicted octanol–water partition coefficient (Wildman–Crippen LogP) is 1.09. The Morgan fingerprint density at radius 1 is 1.53 bits per heavy atom. The number of nitrogens with zero attached hydrogens (tertiary/aromatic N) is 1. The molecule has 0 spiro atoms. The average Bonchev–Trinajstić information content (AvgIpc) is 2.76. The number of halogens is 1. The molecule has 102 valence electrons. The van der Waals surface area contributed by atoms with Gasteiger partial charge in [-0.2, -0.15) is 0 Å². The lowest BCUT2D eigenvalue weighted by atomic mass is 10.0. The Balaban J connectivity index is 1.67. The average molecular weight is 264 g/mol. The molecule has 0 aromatic heterocycles. The lowest BCUT2D eigenvalue weighted by Gasteiger charge is -2.39. The van der Waals surface area contributed by atoms with Crippen LogP contribution in [-0.4, -0.2) is 37.7 Å². The van der Waals surface area contributed by atoms with E-state index in [1.807, 2.05) is 6.92 Å². The van der Waals surface area contributed by atoms with Crippen molar-refractivity contribution in [3.63, 3.8) is 0 Å². The smallest absolute Gasteiger partial charge is 0.253 e. The summed E-state index contributed by atoms with van der Waals surface area (Å²) in [6, 6.07) is 4.60. The standard InChI is InChI=1S/C14H17FN2O2/c1-14(8-16-9-14)19-7-13(18)17-5-4-10-2-3-11(15)6-12(10)17/h2-3,6,16H,4-5,7-9H2,1H3. The highest BCUT2D eigenvalue weighted by atomic mass is 19.1. The number of nitrogens with one attached hydrogen (secondary N) is 1. The molecule has 1 N–H and O–H groups in total. The molecule has 5 heteroatoms. The Kier molecular flexibility index (Phi) is 3.03. The fourth-order valence-electron chi connectivity index (χ4n) is 2.50. The summed E-state index contributed by atoms with van der Waals surface area (Å²) in [6.45, 7) is 4.18. The second kappa shape index (κ2) is 4.58. The molecule has 0 unspecified atom stereocenters. The van der Waals surface area contributed by atoms with Crippen LogP contribution in [0.2, 0.25) is 0 Å². The summed E-state index contributed by atoms with van der Waals surface area (Å²) in [7, 11) is 0. The van der Waals surface area contributed by atoms with E-state index in [4.69, 9.17) is 4.74 Å². The van der Waals surface area contributed by atoms with Gasteiger partial charge in [-0.05, 0) is 31.0 Å². The molecule has 1 saturated heterocycles. The Bertz CT molecular complexity index is 514. The zero-order chi connectivity index (χ0) is 13.5. The van der Waals surface area contributed by atoms with E-state index in [1.165, 1.54) is 12.1 Å². The van der Waals surface area contributed by atoms with E-state index in [9.17, 15) is 9.18 Å². The van der Waals surface area contributed by atoms with Crippen LogP contribution in [-0.2, 0) is 16.0 Å². The monoisotopic (exact) mass is 264 g/mol. The number of ether oxygens (including phenoxy) is 1. The molecule has 4 nitrogen and oxygen atoms in total. The summed E-state index contributed by atoms with van der Waals surface area (Å²) in [6.07, 6.45) is 0.778. The van der Waals surface area contributed by atoms with Gasteiger partial charge in [-0.25, -0.2) is 4.39 Å². The molecular formula is C14H17FN2O2. The molecular weight excluding hydrogens is 247 g/mol. The zero-order valence-corrected chi connectivity index (χ0v) is 10.9. The van der Waals surface area contributed by atoms with Crippen molar-refractivity contribution in [2.75, 3.05) is 31.1 Å². The van der Waals surface area contributed by atoms with Crippen molar-refractivity contribution in [3.8, 4) is 0 Å². The molecule has 1 aromatic rings. The molecule has 3 rings (SSSR count). The van der Waals surface area contributed by atoms with Crippen LogP contribution < -0.4 is 10.2 Å². The van der Waals surface area contributed by atoms with Crippen molar-refractivity contribution < 1.29 is 13.9 Å². The van der Waals surface area contributed by atoms with Crippen molar-refractivity contribution >= 4 is 11.6 Å².